The summed E-state index contributed by atoms with van der Waals surface area (Å²) in [6.07, 6.45) is 1.96. The molecule has 0 atom stereocenters. The van der Waals surface area contributed by atoms with E-state index in [4.69, 9.17) is 16.3 Å². The van der Waals surface area contributed by atoms with Crippen LogP contribution < -0.4 is 0 Å². The first-order chi connectivity index (χ1) is 7.16. The van der Waals surface area contributed by atoms with Gasteiger partial charge in [-0.15, -0.1) is 11.6 Å². The Balaban J connectivity index is 2.37. The number of nitrogens with zero attached hydrogens (tertiary/aromatic N) is 2. The van der Waals surface area contributed by atoms with E-state index in [0.717, 1.165) is 26.8 Å². The summed E-state index contributed by atoms with van der Waals surface area (Å²) in [5, 5.41) is 0. The predicted octanol–water partition coefficient (Wildman–Crippen LogP) is 4.16. The van der Waals surface area contributed by atoms with E-state index in [1.54, 1.807) is 0 Å². The van der Waals surface area contributed by atoms with Gasteiger partial charge < -0.3 is 4.74 Å². The summed E-state index contributed by atoms with van der Waals surface area (Å²) < 4.78 is 9.72. The zero-order valence-corrected chi connectivity index (χ0v) is 13.4. The van der Waals surface area contributed by atoms with Crippen molar-refractivity contribution in [2.75, 3.05) is 12.5 Å². The largest absolute Gasteiger partial charge is 0.361 e. The zero-order chi connectivity index (χ0) is 11.3. The molecule has 0 radical (unpaired) electrons. The Morgan fingerprint density at radius 2 is 2.00 bits per heavy atom. The third-order valence-corrected chi connectivity index (χ3v) is 4.47. The van der Waals surface area contributed by atoms with Gasteiger partial charge in [0.15, 0.2) is 4.73 Å². The molecule has 3 nitrogen and oxygen atoms in total. The third-order valence-electron chi connectivity index (χ3n) is 1.71. The molecule has 7 heteroatoms. The van der Waals surface area contributed by atoms with Gasteiger partial charge in [-0.3, -0.25) is 4.57 Å². The third kappa shape index (κ3) is 4.34. The molecule has 0 aliphatic carbocycles. The van der Waals surface area contributed by atoms with Gasteiger partial charge in [0.2, 0.25) is 0 Å². The fourth-order valence-electron chi connectivity index (χ4n) is 0.944. The SMILES string of the molecule is ClCCCCOCn1c(Br)nc(Br)c1Br. The van der Waals surface area contributed by atoms with E-state index >= 15 is 0 Å². The molecule has 15 heavy (non-hydrogen) atoms. The van der Waals surface area contributed by atoms with Crippen LogP contribution in [0.15, 0.2) is 13.9 Å². The number of rotatable bonds is 6. The van der Waals surface area contributed by atoms with Gasteiger partial charge in [-0.2, -0.15) is 0 Å². The highest BCUT2D eigenvalue weighted by atomic mass is 79.9. The summed E-state index contributed by atoms with van der Waals surface area (Å²) in [6.45, 7) is 1.18. The molecule has 0 aliphatic heterocycles. The average molecular weight is 425 g/mol. The fraction of sp³-hybridized carbons (Fsp3) is 0.625. The lowest BCUT2D eigenvalue weighted by molar-refractivity contribution is 0.0721. The van der Waals surface area contributed by atoms with Gasteiger partial charge in [0.1, 0.15) is 15.9 Å². The van der Waals surface area contributed by atoms with Gasteiger partial charge in [0.25, 0.3) is 0 Å². The summed E-state index contributed by atoms with van der Waals surface area (Å²) in [5.74, 6) is 0.688. The lowest BCUT2D eigenvalue weighted by Gasteiger charge is -2.06. The Morgan fingerprint density at radius 1 is 1.27 bits per heavy atom. The number of imidazole rings is 1. The second-order valence-corrected chi connectivity index (χ2v) is 5.41. The van der Waals surface area contributed by atoms with Crippen molar-refractivity contribution >= 4 is 59.4 Å². The Bertz CT molecular complexity index is 319. The first-order valence-electron chi connectivity index (χ1n) is 4.37. The van der Waals surface area contributed by atoms with Crippen molar-refractivity contribution in [2.24, 2.45) is 0 Å². The second-order valence-electron chi connectivity index (χ2n) is 2.82. The van der Waals surface area contributed by atoms with E-state index in [1.807, 2.05) is 4.57 Å². The lowest BCUT2D eigenvalue weighted by Crippen LogP contribution is -2.04. The van der Waals surface area contributed by atoms with Crippen LogP contribution in [0.5, 0.6) is 0 Å². The van der Waals surface area contributed by atoms with Crippen LogP contribution in [0.2, 0.25) is 0 Å². The summed E-state index contributed by atoms with van der Waals surface area (Å²) in [5.41, 5.74) is 0. The normalized spacial score (nSPS) is 10.9. The van der Waals surface area contributed by atoms with E-state index in [1.165, 1.54) is 0 Å². The highest BCUT2D eigenvalue weighted by Gasteiger charge is 2.10. The Labute approximate surface area is 119 Å². The first-order valence-corrected chi connectivity index (χ1v) is 7.29. The monoisotopic (exact) mass is 422 g/mol. The van der Waals surface area contributed by atoms with Crippen molar-refractivity contribution in [3.63, 3.8) is 0 Å². The predicted molar refractivity (Wildman–Crippen MR) is 71.2 cm³/mol. The number of alkyl halides is 1. The summed E-state index contributed by atoms with van der Waals surface area (Å²) in [7, 11) is 0. The van der Waals surface area contributed by atoms with E-state index in [-0.39, 0.29) is 0 Å². The van der Waals surface area contributed by atoms with Crippen molar-refractivity contribution in [2.45, 2.75) is 19.6 Å². The quantitative estimate of drug-likeness (QED) is 0.506. The van der Waals surface area contributed by atoms with Crippen molar-refractivity contribution in [1.82, 2.24) is 9.55 Å². The maximum Gasteiger partial charge on any atom is 0.181 e. The van der Waals surface area contributed by atoms with Crippen LogP contribution in [-0.2, 0) is 11.5 Å². The van der Waals surface area contributed by atoms with Crippen LogP contribution in [-0.4, -0.2) is 22.0 Å². The van der Waals surface area contributed by atoms with Crippen molar-refractivity contribution in [3.05, 3.63) is 13.9 Å². The molecule has 0 N–H and O–H groups in total. The van der Waals surface area contributed by atoms with Crippen molar-refractivity contribution < 1.29 is 4.74 Å². The van der Waals surface area contributed by atoms with Crippen LogP contribution in [0.4, 0.5) is 0 Å². The maximum atomic E-state index is 5.56. The Hall–Kier alpha value is 0.900. The lowest BCUT2D eigenvalue weighted by atomic mass is 10.4. The molecule has 86 valence electrons. The highest BCUT2D eigenvalue weighted by Crippen LogP contribution is 2.26. The van der Waals surface area contributed by atoms with Gasteiger partial charge in [-0.05, 0) is 60.6 Å². The smallest absolute Gasteiger partial charge is 0.181 e. The fourth-order valence-corrected chi connectivity index (χ4v) is 2.81. The molecule has 0 saturated carbocycles. The van der Waals surface area contributed by atoms with Gasteiger partial charge >= 0.3 is 0 Å². The second kappa shape index (κ2) is 7.27. The van der Waals surface area contributed by atoms with Crippen LogP contribution >= 0.6 is 59.4 Å². The van der Waals surface area contributed by atoms with Crippen LogP contribution in [0.3, 0.4) is 0 Å². The number of unbranched alkanes of at least 4 members (excludes halogenated alkanes) is 1. The molecule has 0 fully saturated rings. The van der Waals surface area contributed by atoms with Crippen LogP contribution in [0.1, 0.15) is 12.8 Å². The zero-order valence-electron chi connectivity index (χ0n) is 7.85. The van der Waals surface area contributed by atoms with E-state index < -0.39 is 0 Å². The highest BCUT2D eigenvalue weighted by molar-refractivity contribution is 9.13. The standard InChI is InChI=1S/C8H10Br3ClN2O/c9-6-7(10)14(8(11)13-6)5-15-4-2-1-3-12/h1-5H2. The van der Waals surface area contributed by atoms with Gasteiger partial charge in [0.05, 0.1) is 0 Å². The van der Waals surface area contributed by atoms with Crippen LogP contribution in [0.25, 0.3) is 0 Å². The molecule has 0 spiro atoms. The summed E-state index contributed by atoms with van der Waals surface area (Å²) in [4.78, 5) is 4.17. The molecule has 1 aromatic heterocycles. The van der Waals surface area contributed by atoms with Gasteiger partial charge in [-0.1, -0.05) is 0 Å². The molecular weight excluding hydrogens is 415 g/mol. The number of ether oxygens (including phenoxy) is 1. The molecule has 0 amide bonds. The van der Waals surface area contributed by atoms with E-state index in [2.05, 4.69) is 52.8 Å². The molecule has 1 aromatic rings. The van der Waals surface area contributed by atoms with Crippen molar-refractivity contribution in [1.29, 1.82) is 0 Å². The number of hydrogen-bond donors (Lipinski definition) is 0. The van der Waals surface area contributed by atoms with Gasteiger partial charge in [-0.25, -0.2) is 4.98 Å². The molecule has 0 aliphatic rings. The number of halogens is 4. The first kappa shape index (κ1) is 14.0. The summed E-state index contributed by atoms with van der Waals surface area (Å²) in [6, 6.07) is 0. The topological polar surface area (TPSA) is 27.1 Å². The van der Waals surface area contributed by atoms with Gasteiger partial charge in [0, 0.05) is 12.5 Å². The molecule has 1 rings (SSSR count). The van der Waals surface area contributed by atoms with E-state index in [0.29, 0.717) is 19.2 Å². The van der Waals surface area contributed by atoms with Crippen LogP contribution in [0, 0.1) is 0 Å². The summed E-state index contributed by atoms with van der Waals surface area (Å²) >= 11 is 15.6. The molecule has 0 saturated heterocycles. The minimum absolute atomic E-state index is 0.474. The van der Waals surface area contributed by atoms with Crippen molar-refractivity contribution in [3.8, 4) is 0 Å². The van der Waals surface area contributed by atoms with E-state index in [9.17, 15) is 0 Å². The Kier molecular flexibility index (Phi) is 6.77. The molecule has 0 bridgehead atoms. The molecule has 0 unspecified atom stereocenters. The average Bonchev–Trinajstić information content (AvgIpc) is 2.44. The molecular formula is C8H10Br3ClN2O. The molecule has 1 heterocycles. The minimum atomic E-state index is 0.474. The minimum Gasteiger partial charge on any atom is -0.361 e. The Morgan fingerprint density at radius 3 is 2.53 bits per heavy atom. The number of aromatic nitrogens is 2. The molecule has 0 aromatic carbocycles. The maximum absolute atomic E-state index is 5.56. The number of hydrogen-bond acceptors (Lipinski definition) is 2.